The fraction of sp³-hybridized carbons (Fsp3) is 0.458. The van der Waals surface area contributed by atoms with Crippen molar-refractivity contribution < 1.29 is 15.0 Å². The van der Waals surface area contributed by atoms with Gasteiger partial charge in [0.25, 0.3) is 0 Å². The molecule has 0 saturated carbocycles. The minimum absolute atomic E-state index is 0.0481. The number of carboxylic acids is 1. The standard InChI is InChI=1S/C24H32N2O3S2/c1-3-5-16-25(17-6-4-2)20-14-12-19(13-15-20)9-7-10-21-23(29)26(24(30)31-21)18-8-11-22(27)28/h9-10,12-15,29H,3-6,8,11,16-18H2,1-2H3,(H,27,28). The molecule has 1 heterocycles. The summed E-state index contributed by atoms with van der Waals surface area (Å²) in [6, 6.07) is 8.47. The maximum Gasteiger partial charge on any atom is 0.303 e. The Hall–Kier alpha value is -2.34. The molecule has 0 aliphatic carbocycles. The van der Waals surface area contributed by atoms with Gasteiger partial charge in [-0.3, -0.25) is 9.36 Å². The first-order valence-corrected chi connectivity index (χ1v) is 12.1. The van der Waals surface area contributed by atoms with E-state index < -0.39 is 5.97 Å². The highest BCUT2D eigenvalue weighted by molar-refractivity contribution is 7.73. The van der Waals surface area contributed by atoms with Gasteiger partial charge >= 0.3 is 5.97 Å². The summed E-state index contributed by atoms with van der Waals surface area (Å²) in [6.45, 7) is 6.99. The van der Waals surface area contributed by atoms with Gasteiger partial charge < -0.3 is 15.1 Å². The van der Waals surface area contributed by atoms with E-state index in [1.165, 1.54) is 42.7 Å². The highest BCUT2D eigenvalue weighted by atomic mass is 32.1. The van der Waals surface area contributed by atoms with Gasteiger partial charge in [-0.25, -0.2) is 0 Å². The smallest absolute Gasteiger partial charge is 0.303 e. The molecule has 1 aromatic carbocycles. The summed E-state index contributed by atoms with van der Waals surface area (Å²) in [5, 5.41) is 19.1. The van der Waals surface area contributed by atoms with Gasteiger partial charge in [-0.2, -0.15) is 0 Å². The molecule has 2 rings (SSSR count). The van der Waals surface area contributed by atoms with E-state index in [9.17, 15) is 9.90 Å². The number of aromatic nitrogens is 1. The Bertz CT molecular complexity index is 946. The lowest BCUT2D eigenvalue weighted by Gasteiger charge is -2.24. The average molecular weight is 461 g/mol. The van der Waals surface area contributed by atoms with Crippen LogP contribution in [0.3, 0.4) is 0 Å². The van der Waals surface area contributed by atoms with Crippen molar-refractivity contribution in [3.63, 3.8) is 0 Å². The fourth-order valence-electron chi connectivity index (χ4n) is 3.16. The third-order valence-corrected chi connectivity index (χ3v) is 6.34. The van der Waals surface area contributed by atoms with Crippen LogP contribution < -0.4 is 4.90 Å². The Balaban J connectivity index is 2.08. The zero-order valence-electron chi connectivity index (χ0n) is 18.3. The first-order chi connectivity index (χ1) is 15.0. The SMILES string of the molecule is CCCCN(CCCC)c1ccc(C=C=Cc2sc(=S)n(CCCC(=O)O)c2O)cc1. The summed E-state index contributed by atoms with van der Waals surface area (Å²) in [5.74, 6) is -0.784. The Morgan fingerprint density at radius 1 is 1.13 bits per heavy atom. The predicted molar refractivity (Wildman–Crippen MR) is 133 cm³/mol. The van der Waals surface area contributed by atoms with Gasteiger partial charge in [-0.15, -0.1) is 17.1 Å². The number of hydrogen-bond acceptors (Lipinski definition) is 5. The minimum atomic E-state index is -0.853. The van der Waals surface area contributed by atoms with Crippen LogP contribution in [-0.2, 0) is 11.3 Å². The third-order valence-electron chi connectivity index (χ3n) is 4.95. The number of aromatic hydroxyl groups is 1. The van der Waals surface area contributed by atoms with Gasteiger partial charge in [0, 0.05) is 37.8 Å². The van der Waals surface area contributed by atoms with Gasteiger partial charge in [0.1, 0.15) is 0 Å². The van der Waals surface area contributed by atoms with E-state index in [4.69, 9.17) is 17.3 Å². The minimum Gasteiger partial charge on any atom is -0.493 e. The molecule has 0 fully saturated rings. The number of aliphatic carboxylic acids is 1. The molecule has 2 N–H and O–H groups in total. The third kappa shape index (κ3) is 8.02. The molecule has 0 aliphatic heterocycles. The number of unbranched alkanes of at least 4 members (excludes halogenated alkanes) is 2. The topological polar surface area (TPSA) is 65.7 Å². The largest absolute Gasteiger partial charge is 0.493 e. The van der Waals surface area contributed by atoms with Crippen LogP contribution in [0.5, 0.6) is 5.88 Å². The van der Waals surface area contributed by atoms with E-state index in [0.29, 0.717) is 21.8 Å². The molecular formula is C24H32N2O3S2. The molecule has 0 atom stereocenters. The molecule has 1 aromatic heterocycles. The predicted octanol–water partition coefficient (Wildman–Crippen LogP) is 6.58. The van der Waals surface area contributed by atoms with E-state index >= 15 is 0 Å². The van der Waals surface area contributed by atoms with Crippen molar-refractivity contribution in [2.24, 2.45) is 0 Å². The summed E-state index contributed by atoms with van der Waals surface area (Å²) in [5.41, 5.74) is 5.41. The van der Waals surface area contributed by atoms with E-state index in [0.717, 1.165) is 18.7 Å². The first-order valence-electron chi connectivity index (χ1n) is 10.9. The van der Waals surface area contributed by atoms with Crippen LogP contribution in [0.1, 0.15) is 62.8 Å². The number of carbonyl (C=O) groups is 1. The second-order valence-electron chi connectivity index (χ2n) is 7.45. The van der Waals surface area contributed by atoms with Crippen LogP contribution in [0.15, 0.2) is 30.0 Å². The Morgan fingerprint density at radius 3 is 2.35 bits per heavy atom. The second kappa shape index (κ2) is 13.2. The summed E-state index contributed by atoms with van der Waals surface area (Å²) < 4.78 is 2.10. The number of rotatable bonds is 13. The molecule has 2 aromatic rings. The van der Waals surface area contributed by atoms with Crippen molar-refractivity contribution in [2.75, 3.05) is 18.0 Å². The molecule has 168 valence electrons. The van der Waals surface area contributed by atoms with Crippen molar-refractivity contribution in [2.45, 2.75) is 58.9 Å². The van der Waals surface area contributed by atoms with E-state index in [1.807, 2.05) is 6.08 Å². The molecule has 0 radical (unpaired) electrons. The summed E-state index contributed by atoms with van der Waals surface area (Å²) in [7, 11) is 0. The van der Waals surface area contributed by atoms with E-state index in [-0.39, 0.29) is 12.3 Å². The molecule has 0 spiro atoms. The van der Waals surface area contributed by atoms with Gasteiger partial charge in [0.15, 0.2) is 3.95 Å². The number of thiazole rings is 1. The van der Waals surface area contributed by atoms with E-state index in [1.54, 1.807) is 10.6 Å². The molecule has 5 nitrogen and oxygen atoms in total. The van der Waals surface area contributed by atoms with E-state index in [2.05, 4.69) is 48.7 Å². The molecule has 0 amide bonds. The molecule has 0 aliphatic rings. The number of carboxylic acid groups (broad SMARTS) is 1. The van der Waals surface area contributed by atoms with Crippen molar-refractivity contribution in [1.82, 2.24) is 4.57 Å². The second-order valence-corrected chi connectivity index (χ2v) is 9.12. The number of anilines is 1. The Morgan fingerprint density at radius 2 is 1.77 bits per heavy atom. The van der Waals surface area contributed by atoms with Crippen LogP contribution in [0, 0.1) is 3.95 Å². The number of hydrogen-bond donors (Lipinski definition) is 2. The van der Waals surface area contributed by atoms with Crippen LogP contribution in [-0.4, -0.2) is 33.8 Å². The summed E-state index contributed by atoms with van der Waals surface area (Å²) in [6.07, 6.45) is 8.83. The summed E-state index contributed by atoms with van der Waals surface area (Å²) >= 11 is 6.59. The van der Waals surface area contributed by atoms with Crippen LogP contribution in [0.4, 0.5) is 5.69 Å². The van der Waals surface area contributed by atoms with Crippen molar-refractivity contribution in [3.05, 3.63) is 44.4 Å². The van der Waals surface area contributed by atoms with Gasteiger partial charge in [0.05, 0.1) is 4.88 Å². The molecular weight excluding hydrogens is 428 g/mol. The molecule has 31 heavy (non-hydrogen) atoms. The monoisotopic (exact) mass is 460 g/mol. The lowest BCUT2D eigenvalue weighted by Crippen LogP contribution is -2.25. The van der Waals surface area contributed by atoms with Crippen molar-refractivity contribution in [3.8, 4) is 5.88 Å². The van der Waals surface area contributed by atoms with Crippen LogP contribution >= 0.6 is 23.6 Å². The van der Waals surface area contributed by atoms with Crippen molar-refractivity contribution >= 4 is 47.4 Å². The summed E-state index contributed by atoms with van der Waals surface area (Å²) in [4.78, 5) is 13.7. The van der Waals surface area contributed by atoms with Gasteiger partial charge in [-0.1, -0.05) is 38.8 Å². The van der Waals surface area contributed by atoms with Gasteiger partial charge in [0.2, 0.25) is 5.88 Å². The highest BCUT2D eigenvalue weighted by Crippen LogP contribution is 2.27. The Kier molecular flexibility index (Phi) is 10.6. The quantitative estimate of drug-likeness (QED) is 0.261. The molecule has 0 saturated heterocycles. The lowest BCUT2D eigenvalue weighted by molar-refractivity contribution is -0.137. The maximum atomic E-state index is 10.7. The number of nitrogens with zero attached hydrogens (tertiary/aromatic N) is 2. The first kappa shape index (κ1) is 24.9. The van der Waals surface area contributed by atoms with Crippen LogP contribution in [0.2, 0.25) is 0 Å². The highest BCUT2D eigenvalue weighted by Gasteiger charge is 2.10. The molecule has 0 unspecified atom stereocenters. The molecule has 7 heteroatoms. The Labute approximate surface area is 194 Å². The molecule has 0 bridgehead atoms. The van der Waals surface area contributed by atoms with Crippen LogP contribution in [0.25, 0.3) is 12.2 Å². The van der Waals surface area contributed by atoms with Gasteiger partial charge in [-0.05, 0) is 55.3 Å². The maximum absolute atomic E-state index is 10.7. The number of benzene rings is 1. The zero-order valence-corrected chi connectivity index (χ0v) is 20.0. The van der Waals surface area contributed by atoms with Crippen molar-refractivity contribution in [1.29, 1.82) is 0 Å². The average Bonchev–Trinajstić information content (AvgIpc) is 3.02. The lowest BCUT2D eigenvalue weighted by atomic mass is 10.1. The normalized spacial score (nSPS) is 10.5. The fourth-order valence-corrected chi connectivity index (χ4v) is 4.41. The zero-order chi connectivity index (χ0) is 22.6.